The van der Waals surface area contributed by atoms with Crippen molar-refractivity contribution in [1.82, 2.24) is 0 Å². The van der Waals surface area contributed by atoms with E-state index in [9.17, 15) is 0 Å². The molecule has 0 saturated heterocycles. The Morgan fingerprint density at radius 1 is 1.05 bits per heavy atom. The quantitative estimate of drug-likeness (QED) is 0.661. The molecule has 1 aromatic rings. The molecule has 0 radical (unpaired) electrons. The maximum absolute atomic E-state index is 2.37. The summed E-state index contributed by atoms with van der Waals surface area (Å²) in [6, 6.07) is 8.85. The predicted molar refractivity (Wildman–Crippen MR) is 96.5 cm³/mol. The van der Waals surface area contributed by atoms with Crippen LogP contribution in [0.5, 0.6) is 0 Å². The van der Waals surface area contributed by atoms with E-state index in [0.717, 1.165) is 5.75 Å². The largest absolute Gasteiger partial charge is 0.140 e. The zero-order valence-electron chi connectivity index (χ0n) is 10.8. The molecule has 4 rings (SSSR count). The van der Waals surface area contributed by atoms with Crippen LogP contribution in [0.1, 0.15) is 5.56 Å². The van der Waals surface area contributed by atoms with E-state index >= 15 is 0 Å². The predicted octanol–water partition coefficient (Wildman–Crippen LogP) is 5.54. The number of thioether (sulfide) groups is 4. The Bertz CT molecular complexity index is 602. The maximum Gasteiger partial charge on any atom is 0.0766 e. The van der Waals surface area contributed by atoms with Gasteiger partial charge >= 0.3 is 0 Å². The zero-order valence-corrected chi connectivity index (χ0v) is 14.0. The molecule has 0 fully saturated rings. The van der Waals surface area contributed by atoms with Crippen LogP contribution in [0.4, 0.5) is 0 Å². The molecule has 3 atom stereocenters. The highest BCUT2D eigenvalue weighted by Crippen LogP contribution is 2.52. The summed E-state index contributed by atoms with van der Waals surface area (Å²) < 4.78 is 1.29. The molecule has 4 heteroatoms. The molecule has 0 aromatic heterocycles. The molecule has 2 heterocycles. The highest BCUT2D eigenvalue weighted by Gasteiger charge is 2.33. The summed E-state index contributed by atoms with van der Waals surface area (Å²) in [6.45, 7) is 0. The molecule has 1 aromatic carbocycles. The minimum Gasteiger partial charge on any atom is -0.140 e. The van der Waals surface area contributed by atoms with Gasteiger partial charge < -0.3 is 0 Å². The average Bonchev–Trinajstić information content (AvgIpc) is 2.54. The van der Waals surface area contributed by atoms with Crippen molar-refractivity contribution in [3.63, 3.8) is 0 Å². The summed E-state index contributed by atoms with van der Waals surface area (Å²) in [4.78, 5) is 1.48. The summed E-state index contributed by atoms with van der Waals surface area (Å²) in [5.41, 5.74) is 2.96. The van der Waals surface area contributed by atoms with E-state index in [1.807, 2.05) is 11.8 Å². The number of fused-ring (bicyclic) bond motifs is 2. The van der Waals surface area contributed by atoms with Crippen molar-refractivity contribution in [2.75, 3.05) is 0 Å². The Hall–Kier alpha value is -0.160. The number of rotatable bonds is 1. The normalized spacial score (nSPS) is 31.4. The van der Waals surface area contributed by atoms with Crippen molar-refractivity contribution in [3.8, 4) is 0 Å². The fourth-order valence-electron chi connectivity index (χ4n) is 2.42. The lowest BCUT2D eigenvalue weighted by molar-refractivity contribution is 1.19. The van der Waals surface area contributed by atoms with Crippen LogP contribution >= 0.6 is 47.0 Å². The Balaban J connectivity index is 1.52. The van der Waals surface area contributed by atoms with E-state index in [1.165, 1.54) is 16.0 Å². The van der Waals surface area contributed by atoms with Crippen LogP contribution in [-0.2, 0) is 5.75 Å². The van der Waals surface area contributed by atoms with Crippen molar-refractivity contribution in [2.24, 2.45) is 0 Å². The van der Waals surface area contributed by atoms with Crippen LogP contribution < -0.4 is 0 Å². The maximum atomic E-state index is 2.37. The molecule has 0 spiro atoms. The molecule has 20 heavy (non-hydrogen) atoms. The minimum absolute atomic E-state index is 0.560. The summed E-state index contributed by atoms with van der Waals surface area (Å²) in [5.74, 6) is 1.16. The van der Waals surface area contributed by atoms with Gasteiger partial charge in [0.1, 0.15) is 0 Å². The third-order valence-electron chi connectivity index (χ3n) is 3.47. The molecular weight excluding hydrogens is 320 g/mol. The second-order valence-electron chi connectivity index (χ2n) is 4.83. The van der Waals surface area contributed by atoms with E-state index in [4.69, 9.17) is 0 Å². The van der Waals surface area contributed by atoms with Gasteiger partial charge in [-0.05, 0) is 22.6 Å². The molecular formula is C16H14S4. The first-order chi connectivity index (χ1) is 9.90. The first kappa shape index (κ1) is 13.5. The van der Waals surface area contributed by atoms with Gasteiger partial charge in [-0.25, -0.2) is 0 Å². The van der Waals surface area contributed by atoms with Crippen LogP contribution in [0.3, 0.4) is 0 Å². The van der Waals surface area contributed by atoms with E-state index < -0.39 is 0 Å². The van der Waals surface area contributed by atoms with Crippen LogP contribution in [0.2, 0.25) is 0 Å². The van der Waals surface area contributed by atoms with Gasteiger partial charge in [-0.2, -0.15) is 0 Å². The fraction of sp³-hybridized carbons (Fsp3) is 0.250. The highest BCUT2D eigenvalue weighted by atomic mass is 32.2. The first-order valence-electron chi connectivity index (χ1n) is 6.62. The molecule has 0 nitrogen and oxygen atoms in total. The van der Waals surface area contributed by atoms with Gasteiger partial charge in [-0.15, -0.1) is 47.0 Å². The number of allylic oxidation sites excluding steroid dienone is 3. The van der Waals surface area contributed by atoms with Gasteiger partial charge in [0.25, 0.3) is 0 Å². The van der Waals surface area contributed by atoms with Crippen LogP contribution in [0, 0.1) is 0 Å². The molecule has 0 N–H and O–H groups in total. The minimum atomic E-state index is 0.560. The Labute approximate surface area is 136 Å². The van der Waals surface area contributed by atoms with Crippen LogP contribution in [0.25, 0.3) is 0 Å². The summed E-state index contributed by atoms with van der Waals surface area (Å²) in [5, 5.41) is 2.93. The molecule has 2 aliphatic heterocycles. The van der Waals surface area contributed by atoms with Crippen molar-refractivity contribution in [2.45, 2.75) is 25.1 Å². The lowest BCUT2D eigenvalue weighted by Gasteiger charge is -2.34. The second kappa shape index (κ2) is 5.91. The molecule has 0 bridgehead atoms. The average molecular weight is 335 g/mol. The highest BCUT2D eigenvalue weighted by molar-refractivity contribution is 8.24. The molecule has 1 aliphatic carbocycles. The SMILES string of the molecule is C1=CC2=CSC(C3SCc4ccccc4S3)SC2C=C1. The molecule has 3 aliphatic rings. The van der Waals surface area contributed by atoms with E-state index in [0.29, 0.717) is 14.4 Å². The second-order valence-corrected chi connectivity index (χ2v) is 10.0. The third kappa shape index (κ3) is 2.63. The van der Waals surface area contributed by atoms with Crippen molar-refractivity contribution < 1.29 is 0 Å². The number of hydrogen-bond donors (Lipinski definition) is 0. The Morgan fingerprint density at radius 2 is 2.00 bits per heavy atom. The molecule has 3 unspecified atom stereocenters. The fourth-order valence-corrected chi connectivity index (χ4v) is 8.85. The van der Waals surface area contributed by atoms with Gasteiger partial charge in [-0.3, -0.25) is 0 Å². The van der Waals surface area contributed by atoms with E-state index in [-0.39, 0.29) is 0 Å². The molecule has 102 valence electrons. The first-order valence-corrected chi connectivity index (χ1v) is 10.4. The van der Waals surface area contributed by atoms with Crippen molar-refractivity contribution in [3.05, 3.63) is 65.1 Å². The number of hydrogen-bond acceptors (Lipinski definition) is 4. The standard InChI is InChI=1S/C16H14S4/c1-3-7-13-11(5-1)9-17-15(19-13)16-18-10-12-6-2-4-8-14(12)20-16/h1-9,13,15-16H,10H2. The smallest absolute Gasteiger partial charge is 0.0766 e. The van der Waals surface area contributed by atoms with Crippen LogP contribution in [-0.4, -0.2) is 14.4 Å². The van der Waals surface area contributed by atoms with Crippen molar-refractivity contribution in [1.29, 1.82) is 0 Å². The van der Waals surface area contributed by atoms with Crippen LogP contribution in [0.15, 0.2) is 64.4 Å². The van der Waals surface area contributed by atoms with Gasteiger partial charge in [0.2, 0.25) is 0 Å². The Kier molecular flexibility index (Phi) is 3.99. The lowest BCUT2D eigenvalue weighted by atomic mass is 10.1. The number of benzene rings is 1. The molecule has 0 saturated carbocycles. The van der Waals surface area contributed by atoms with Gasteiger partial charge in [0.15, 0.2) is 0 Å². The summed E-state index contributed by atoms with van der Waals surface area (Å²) in [6.07, 6.45) is 8.90. The zero-order chi connectivity index (χ0) is 13.4. The van der Waals surface area contributed by atoms with Gasteiger partial charge in [-0.1, -0.05) is 42.5 Å². The Morgan fingerprint density at radius 3 is 3.00 bits per heavy atom. The van der Waals surface area contributed by atoms with E-state index in [1.54, 1.807) is 0 Å². The topological polar surface area (TPSA) is 0 Å². The van der Waals surface area contributed by atoms with Crippen molar-refractivity contribution >= 4 is 47.0 Å². The monoisotopic (exact) mass is 334 g/mol. The molecule has 0 amide bonds. The summed E-state index contributed by atoms with van der Waals surface area (Å²) >= 11 is 8.27. The summed E-state index contributed by atoms with van der Waals surface area (Å²) in [7, 11) is 0. The van der Waals surface area contributed by atoms with Gasteiger partial charge in [0.05, 0.1) is 9.16 Å². The van der Waals surface area contributed by atoms with E-state index in [2.05, 4.69) is 89.3 Å². The lowest BCUT2D eigenvalue weighted by Crippen LogP contribution is -2.22. The third-order valence-corrected chi connectivity index (χ3v) is 9.97. The van der Waals surface area contributed by atoms with Gasteiger partial charge in [0, 0.05) is 15.9 Å².